The molecule has 0 radical (unpaired) electrons. The number of halogens is 1. The van der Waals surface area contributed by atoms with Crippen molar-refractivity contribution in [2.45, 2.75) is 19.4 Å². The van der Waals surface area contributed by atoms with E-state index in [-0.39, 0.29) is 22.8 Å². The van der Waals surface area contributed by atoms with Crippen LogP contribution in [0.4, 0.5) is 10.1 Å². The molecule has 2 N–H and O–H groups in total. The van der Waals surface area contributed by atoms with Gasteiger partial charge in [-0.2, -0.15) is 0 Å². The van der Waals surface area contributed by atoms with E-state index < -0.39 is 23.5 Å². The number of benzene rings is 3. The Balaban J connectivity index is 1.86. The summed E-state index contributed by atoms with van der Waals surface area (Å²) < 4.78 is 19.2. The molecule has 3 aromatic rings. The normalized spacial score (nSPS) is 17.4. The molecule has 1 aliphatic heterocycles. The van der Waals surface area contributed by atoms with Crippen LogP contribution < -0.4 is 9.64 Å². The van der Waals surface area contributed by atoms with Crippen molar-refractivity contribution in [3.8, 4) is 11.5 Å². The van der Waals surface area contributed by atoms with E-state index >= 15 is 0 Å². The fraction of sp³-hybridized carbons (Fsp3) is 0.154. The first-order valence-corrected chi connectivity index (χ1v) is 10.5. The first-order chi connectivity index (χ1) is 15.9. The zero-order valence-corrected chi connectivity index (χ0v) is 17.9. The van der Waals surface area contributed by atoms with Gasteiger partial charge in [-0.25, -0.2) is 4.39 Å². The van der Waals surface area contributed by atoms with Gasteiger partial charge in [0.25, 0.3) is 11.7 Å². The van der Waals surface area contributed by atoms with Crippen LogP contribution in [-0.4, -0.2) is 28.5 Å². The molecule has 1 atom stereocenters. The maximum Gasteiger partial charge on any atom is 0.300 e. The molecule has 6 nitrogen and oxygen atoms in total. The summed E-state index contributed by atoms with van der Waals surface area (Å²) in [6.45, 7) is 2.53. The molecule has 1 fully saturated rings. The molecule has 1 aliphatic rings. The van der Waals surface area contributed by atoms with Crippen LogP contribution in [-0.2, 0) is 9.59 Å². The third-order valence-electron chi connectivity index (χ3n) is 5.37. The number of ketones is 1. The quantitative estimate of drug-likeness (QED) is 0.317. The van der Waals surface area contributed by atoms with E-state index in [1.807, 2.05) is 6.92 Å². The maximum atomic E-state index is 13.6. The highest BCUT2D eigenvalue weighted by Gasteiger charge is 2.47. The number of phenolic OH excluding ortho intramolecular Hbond substituents is 1. The first kappa shape index (κ1) is 22.1. The summed E-state index contributed by atoms with van der Waals surface area (Å²) in [6, 6.07) is 16.8. The molecular formula is C26H22FNO5. The third kappa shape index (κ3) is 4.17. The number of anilines is 1. The molecule has 33 heavy (non-hydrogen) atoms. The number of nitrogens with zero attached hydrogens (tertiary/aromatic N) is 1. The van der Waals surface area contributed by atoms with Crippen molar-refractivity contribution >= 4 is 23.1 Å². The van der Waals surface area contributed by atoms with E-state index in [4.69, 9.17) is 4.74 Å². The minimum Gasteiger partial charge on any atom is -0.507 e. The van der Waals surface area contributed by atoms with Crippen molar-refractivity contribution in [2.75, 3.05) is 11.5 Å². The van der Waals surface area contributed by atoms with Crippen molar-refractivity contribution in [1.29, 1.82) is 0 Å². The smallest absolute Gasteiger partial charge is 0.300 e. The van der Waals surface area contributed by atoms with Crippen LogP contribution in [0.2, 0.25) is 0 Å². The largest absolute Gasteiger partial charge is 0.507 e. The number of carbonyl (C=O) groups excluding carboxylic acids is 2. The van der Waals surface area contributed by atoms with Gasteiger partial charge in [0.1, 0.15) is 23.1 Å². The van der Waals surface area contributed by atoms with E-state index in [2.05, 4.69) is 0 Å². The monoisotopic (exact) mass is 447 g/mol. The Hall–Kier alpha value is -4.13. The summed E-state index contributed by atoms with van der Waals surface area (Å²) in [5, 5.41) is 21.5. The van der Waals surface area contributed by atoms with Gasteiger partial charge in [0.2, 0.25) is 0 Å². The lowest BCUT2D eigenvalue weighted by Gasteiger charge is -2.26. The summed E-state index contributed by atoms with van der Waals surface area (Å²) in [4.78, 5) is 27.3. The number of rotatable bonds is 6. The Kier molecular flexibility index (Phi) is 6.13. The molecule has 0 saturated carbocycles. The van der Waals surface area contributed by atoms with Crippen molar-refractivity contribution in [1.82, 2.24) is 0 Å². The Morgan fingerprint density at radius 3 is 2.30 bits per heavy atom. The third-order valence-corrected chi connectivity index (χ3v) is 5.37. The second-order valence-corrected chi connectivity index (χ2v) is 7.58. The van der Waals surface area contributed by atoms with Crippen LogP contribution in [0.25, 0.3) is 5.76 Å². The number of aromatic hydroxyl groups is 1. The van der Waals surface area contributed by atoms with Crippen LogP contribution in [0.15, 0.2) is 78.4 Å². The molecular weight excluding hydrogens is 425 g/mol. The summed E-state index contributed by atoms with van der Waals surface area (Å²) >= 11 is 0. The molecule has 0 bridgehead atoms. The van der Waals surface area contributed by atoms with Crippen molar-refractivity contribution < 1.29 is 28.9 Å². The van der Waals surface area contributed by atoms with E-state index in [0.29, 0.717) is 23.5 Å². The van der Waals surface area contributed by atoms with Crippen molar-refractivity contribution in [2.24, 2.45) is 0 Å². The molecule has 7 heteroatoms. The second-order valence-electron chi connectivity index (χ2n) is 7.58. The van der Waals surface area contributed by atoms with Gasteiger partial charge < -0.3 is 14.9 Å². The second kappa shape index (κ2) is 9.16. The highest BCUT2D eigenvalue weighted by molar-refractivity contribution is 6.51. The highest BCUT2D eigenvalue weighted by atomic mass is 19.1. The fourth-order valence-electron chi connectivity index (χ4n) is 3.79. The molecule has 1 heterocycles. The molecule has 0 spiro atoms. The molecule has 1 saturated heterocycles. The van der Waals surface area contributed by atoms with E-state index in [1.165, 1.54) is 36.4 Å². The molecule has 1 unspecified atom stereocenters. The van der Waals surface area contributed by atoms with E-state index in [1.54, 1.807) is 36.4 Å². The van der Waals surface area contributed by atoms with Crippen LogP contribution in [0.3, 0.4) is 0 Å². The Labute approximate surface area is 190 Å². The minimum absolute atomic E-state index is 0.108. The average molecular weight is 447 g/mol. The zero-order valence-electron chi connectivity index (χ0n) is 17.9. The summed E-state index contributed by atoms with van der Waals surface area (Å²) in [7, 11) is 0. The highest BCUT2D eigenvalue weighted by Crippen LogP contribution is 2.44. The minimum atomic E-state index is -1.06. The van der Waals surface area contributed by atoms with Gasteiger partial charge in [-0.15, -0.1) is 0 Å². The SMILES string of the molecule is CCCOc1ccc(/C(O)=C2\C(=O)C(=O)N(c3ccccc3O)C2c2ccc(F)cc2)cc1. The molecule has 168 valence electrons. The standard InChI is InChI=1S/C26H22FNO5/c1-2-15-33-19-13-9-17(10-14-19)24(30)22-23(16-7-11-18(27)12-8-16)28(26(32)25(22)31)20-5-3-4-6-21(20)29/h3-14,23,29-30H,2,15H2,1H3/b24-22+. The number of hydrogen-bond donors (Lipinski definition) is 2. The first-order valence-electron chi connectivity index (χ1n) is 10.5. The van der Waals surface area contributed by atoms with Gasteiger partial charge in [0.15, 0.2) is 0 Å². The van der Waals surface area contributed by atoms with Crippen LogP contribution in [0.1, 0.15) is 30.5 Å². The summed E-state index contributed by atoms with van der Waals surface area (Å²) in [6.07, 6.45) is 0.842. The average Bonchev–Trinajstić information content (AvgIpc) is 3.09. The Morgan fingerprint density at radius 1 is 1.00 bits per heavy atom. The fourth-order valence-corrected chi connectivity index (χ4v) is 3.79. The molecule has 0 aromatic heterocycles. The van der Waals surface area contributed by atoms with Gasteiger partial charge >= 0.3 is 0 Å². The van der Waals surface area contributed by atoms with Gasteiger partial charge in [-0.3, -0.25) is 14.5 Å². The van der Waals surface area contributed by atoms with Crippen LogP contribution in [0.5, 0.6) is 11.5 Å². The van der Waals surface area contributed by atoms with Crippen molar-refractivity contribution in [3.05, 3.63) is 95.3 Å². The van der Waals surface area contributed by atoms with Gasteiger partial charge in [0, 0.05) is 5.56 Å². The lowest BCUT2D eigenvalue weighted by atomic mass is 9.95. The summed E-state index contributed by atoms with van der Waals surface area (Å²) in [5.74, 6) is -2.27. The predicted molar refractivity (Wildman–Crippen MR) is 122 cm³/mol. The van der Waals surface area contributed by atoms with E-state index in [0.717, 1.165) is 11.3 Å². The number of para-hydroxylation sites is 2. The summed E-state index contributed by atoms with van der Waals surface area (Å²) in [5.41, 5.74) is 0.679. The number of phenols is 1. The molecule has 0 aliphatic carbocycles. The lowest BCUT2D eigenvalue weighted by molar-refractivity contribution is -0.132. The number of carbonyl (C=O) groups is 2. The van der Waals surface area contributed by atoms with Gasteiger partial charge in [-0.05, 0) is 60.5 Å². The number of aliphatic hydroxyl groups excluding tert-OH is 1. The molecule has 3 aromatic carbocycles. The zero-order chi connectivity index (χ0) is 23.5. The predicted octanol–water partition coefficient (Wildman–Crippen LogP) is 4.95. The molecule has 1 amide bonds. The van der Waals surface area contributed by atoms with Crippen LogP contribution >= 0.6 is 0 Å². The topological polar surface area (TPSA) is 87.1 Å². The Bertz CT molecular complexity index is 1220. The number of aliphatic hydroxyl groups is 1. The number of Topliss-reactive ketones (excluding diaryl/α,β-unsaturated/α-hetero) is 1. The lowest BCUT2D eigenvalue weighted by Crippen LogP contribution is -2.29. The van der Waals surface area contributed by atoms with Gasteiger partial charge in [-0.1, -0.05) is 31.2 Å². The molecule has 4 rings (SSSR count). The Morgan fingerprint density at radius 2 is 1.67 bits per heavy atom. The number of hydrogen-bond acceptors (Lipinski definition) is 5. The van der Waals surface area contributed by atoms with Crippen LogP contribution in [0, 0.1) is 5.82 Å². The number of amides is 1. The number of ether oxygens (including phenoxy) is 1. The van der Waals surface area contributed by atoms with Gasteiger partial charge in [0.05, 0.1) is 23.9 Å². The van der Waals surface area contributed by atoms with E-state index in [9.17, 15) is 24.2 Å². The van der Waals surface area contributed by atoms with Crippen molar-refractivity contribution in [3.63, 3.8) is 0 Å². The maximum absolute atomic E-state index is 13.6.